The zero-order valence-electron chi connectivity index (χ0n) is 31.4. The quantitative estimate of drug-likeness (QED) is 0.0719. The van der Waals surface area contributed by atoms with Crippen LogP contribution in [0.15, 0.2) is 91.5 Å². The average molecular weight is 688 g/mol. The van der Waals surface area contributed by atoms with Crippen molar-refractivity contribution in [1.82, 2.24) is 19.5 Å². The molecule has 6 rings (SSSR count). The lowest BCUT2D eigenvalue weighted by molar-refractivity contribution is 0.300. The molecular weight excluding hydrogens is 627 g/mol. The van der Waals surface area contributed by atoms with Crippen molar-refractivity contribution in [2.45, 2.75) is 135 Å². The van der Waals surface area contributed by atoms with Crippen LogP contribution < -0.4 is 10.5 Å². The lowest BCUT2D eigenvalue weighted by Gasteiger charge is -2.22. The molecule has 0 saturated heterocycles. The summed E-state index contributed by atoms with van der Waals surface area (Å²) in [7, 11) is 0. The van der Waals surface area contributed by atoms with Gasteiger partial charge in [-0.3, -0.25) is 0 Å². The second-order valence-electron chi connectivity index (χ2n) is 14.2. The van der Waals surface area contributed by atoms with Crippen molar-refractivity contribution in [2.24, 2.45) is 0 Å². The summed E-state index contributed by atoms with van der Waals surface area (Å²) in [4.78, 5) is 12.2. The maximum Gasteiger partial charge on any atom is 0.165 e. The molecule has 2 aromatic heterocycles. The number of aromatic nitrogens is 4. The average Bonchev–Trinajstić information content (AvgIpc) is 3.67. The van der Waals surface area contributed by atoms with Crippen LogP contribution >= 0.6 is 0 Å². The van der Waals surface area contributed by atoms with Crippen LogP contribution in [0.3, 0.4) is 0 Å². The Balaban J connectivity index is 0.000000323. The monoisotopic (exact) mass is 687 g/mol. The van der Waals surface area contributed by atoms with Crippen molar-refractivity contribution < 1.29 is 4.74 Å². The van der Waals surface area contributed by atoms with Crippen LogP contribution in [0.4, 0.5) is 5.82 Å². The van der Waals surface area contributed by atoms with Crippen LogP contribution in [0.25, 0.3) is 11.2 Å². The largest absolute Gasteiger partial charge is 0.493 e. The molecule has 0 aliphatic heterocycles. The van der Waals surface area contributed by atoms with Gasteiger partial charge in [-0.1, -0.05) is 183 Å². The van der Waals surface area contributed by atoms with Crippen molar-refractivity contribution in [1.29, 1.82) is 0 Å². The Morgan fingerprint density at radius 3 is 1.69 bits per heavy atom. The Labute approximate surface area is 307 Å². The van der Waals surface area contributed by atoms with E-state index in [1.54, 1.807) is 6.33 Å². The highest BCUT2D eigenvalue weighted by Crippen LogP contribution is 2.60. The number of hydrogen-bond acceptors (Lipinski definition) is 5. The third-order valence-electron chi connectivity index (χ3n) is 10.3. The summed E-state index contributed by atoms with van der Waals surface area (Å²) in [6, 6.07) is 28.4. The molecule has 0 amide bonds. The Hall–Kier alpha value is -4.19. The summed E-state index contributed by atoms with van der Waals surface area (Å²) in [6.45, 7) is 6.12. The smallest absolute Gasteiger partial charge is 0.165 e. The number of nitrogens with two attached hydrogens (primary N) is 1. The molecule has 272 valence electrons. The van der Waals surface area contributed by atoms with Gasteiger partial charge >= 0.3 is 0 Å². The molecule has 51 heavy (non-hydrogen) atoms. The number of aryl methyl sites for hydroxylation is 1. The highest BCUT2D eigenvalue weighted by molar-refractivity contribution is 5.81. The van der Waals surface area contributed by atoms with Crippen LogP contribution in [-0.2, 0) is 12.0 Å². The Morgan fingerprint density at radius 1 is 0.569 bits per heavy atom. The van der Waals surface area contributed by atoms with Crippen molar-refractivity contribution >= 4 is 17.0 Å². The first kappa shape index (κ1) is 38.1. The number of imidazole rings is 1. The van der Waals surface area contributed by atoms with E-state index in [1.165, 1.54) is 125 Å². The predicted octanol–water partition coefficient (Wildman–Crippen LogP) is 11.8. The second-order valence-corrected chi connectivity index (χ2v) is 14.2. The summed E-state index contributed by atoms with van der Waals surface area (Å²) >= 11 is 0. The summed E-state index contributed by atoms with van der Waals surface area (Å²) in [5.74, 6) is 1.48. The van der Waals surface area contributed by atoms with E-state index >= 15 is 0 Å². The minimum absolute atomic E-state index is 0.157. The second kappa shape index (κ2) is 20.6. The molecular formula is C45H61N5O. The van der Waals surface area contributed by atoms with Gasteiger partial charge in [0, 0.05) is 12.1 Å². The van der Waals surface area contributed by atoms with Gasteiger partial charge in [-0.25, -0.2) is 15.0 Å². The van der Waals surface area contributed by atoms with E-state index < -0.39 is 0 Å². The Bertz CT molecular complexity index is 1690. The van der Waals surface area contributed by atoms with Gasteiger partial charge in [0.1, 0.15) is 17.6 Å². The van der Waals surface area contributed by atoms with E-state index in [0.717, 1.165) is 37.4 Å². The lowest BCUT2D eigenvalue weighted by Crippen LogP contribution is -2.15. The Morgan fingerprint density at radius 2 is 1.10 bits per heavy atom. The third-order valence-corrected chi connectivity index (χ3v) is 10.3. The number of hydrogen-bond donors (Lipinski definition) is 1. The molecule has 6 heteroatoms. The molecule has 2 N–H and O–H groups in total. The van der Waals surface area contributed by atoms with Gasteiger partial charge in [-0.15, -0.1) is 0 Å². The molecule has 0 bridgehead atoms. The third kappa shape index (κ3) is 10.2. The van der Waals surface area contributed by atoms with Crippen LogP contribution in [0.2, 0.25) is 0 Å². The molecule has 0 spiro atoms. The standard InChI is InChI=1S/C37H50O.C8H11N5/c1-2-3-4-5-6-7-8-9-10-11-12-13-14-15-16-24-31-38-36-30-23-22-29-35(36)37(32-25-18-17-19-26-32)33-27-20-21-28-34(33)37;1-2-3-13-5-12-6-7(9)10-4-11-8(6)13/h17-23,25-30H,2-16,24,31H2,1H3;4-5H,2-3H2,1H3,(H2,9,10,11). The summed E-state index contributed by atoms with van der Waals surface area (Å²) in [5.41, 5.74) is 12.4. The fourth-order valence-corrected chi connectivity index (χ4v) is 7.54. The SMILES string of the molecule is CCCCCCCCCCCCCCCCCCOc1ccccc1C1(c2ccccc2)c2ccccc21.CCCn1cnc2c(N)ncnc21. The molecule has 1 aliphatic carbocycles. The molecule has 6 nitrogen and oxygen atoms in total. The fourth-order valence-electron chi connectivity index (χ4n) is 7.54. The zero-order valence-corrected chi connectivity index (χ0v) is 31.4. The molecule has 0 radical (unpaired) electrons. The van der Waals surface area contributed by atoms with Crippen LogP contribution in [0.5, 0.6) is 5.75 Å². The van der Waals surface area contributed by atoms with Gasteiger partial charge < -0.3 is 15.0 Å². The minimum atomic E-state index is -0.157. The van der Waals surface area contributed by atoms with E-state index in [1.807, 2.05) is 4.57 Å². The van der Waals surface area contributed by atoms with E-state index in [-0.39, 0.29) is 5.41 Å². The van der Waals surface area contributed by atoms with Crippen LogP contribution in [0.1, 0.15) is 145 Å². The number of unbranched alkanes of at least 4 members (excludes halogenated alkanes) is 15. The number of nitrogens with zero attached hydrogens (tertiary/aromatic N) is 4. The summed E-state index contributed by atoms with van der Waals surface area (Å²) in [5, 5.41) is 0. The van der Waals surface area contributed by atoms with Gasteiger partial charge in [-0.2, -0.15) is 0 Å². The molecule has 0 fully saturated rings. The topological polar surface area (TPSA) is 78.9 Å². The van der Waals surface area contributed by atoms with E-state index in [4.69, 9.17) is 10.5 Å². The molecule has 3 aromatic carbocycles. The zero-order chi connectivity index (χ0) is 35.6. The molecule has 1 aliphatic rings. The first-order chi connectivity index (χ1) is 25.2. The van der Waals surface area contributed by atoms with Gasteiger partial charge in [0.25, 0.3) is 0 Å². The highest BCUT2D eigenvalue weighted by atomic mass is 16.5. The first-order valence-electron chi connectivity index (χ1n) is 20.0. The molecule has 0 saturated carbocycles. The van der Waals surface area contributed by atoms with Crippen LogP contribution in [-0.4, -0.2) is 26.1 Å². The van der Waals surface area contributed by atoms with Crippen molar-refractivity contribution in [3.05, 3.63) is 114 Å². The number of nitrogen functional groups attached to an aromatic ring is 1. The van der Waals surface area contributed by atoms with Gasteiger partial charge in [0.05, 0.1) is 18.3 Å². The predicted molar refractivity (Wildman–Crippen MR) is 213 cm³/mol. The van der Waals surface area contributed by atoms with E-state index in [9.17, 15) is 0 Å². The first-order valence-corrected chi connectivity index (χ1v) is 20.0. The highest BCUT2D eigenvalue weighted by Gasteiger charge is 2.54. The normalized spacial score (nSPS) is 12.7. The van der Waals surface area contributed by atoms with Crippen LogP contribution in [0, 0.1) is 0 Å². The summed E-state index contributed by atoms with van der Waals surface area (Å²) in [6.07, 6.45) is 26.6. The van der Waals surface area contributed by atoms with Gasteiger partial charge in [0.15, 0.2) is 11.5 Å². The minimum Gasteiger partial charge on any atom is -0.493 e. The van der Waals surface area contributed by atoms with Crippen molar-refractivity contribution in [3.63, 3.8) is 0 Å². The van der Waals surface area contributed by atoms with Crippen molar-refractivity contribution in [2.75, 3.05) is 12.3 Å². The van der Waals surface area contributed by atoms with E-state index in [0.29, 0.717) is 11.3 Å². The fraction of sp³-hybridized carbons (Fsp3) is 0.489. The Kier molecular flexibility index (Phi) is 15.4. The summed E-state index contributed by atoms with van der Waals surface area (Å²) < 4.78 is 8.41. The lowest BCUT2D eigenvalue weighted by atomic mass is 9.83. The molecule has 2 heterocycles. The number of para-hydroxylation sites is 1. The molecule has 5 aromatic rings. The van der Waals surface area contributed by atoms with E-state index in [2.05, 4.69) is 108 Å². The van der Waals surface area contributed by atoms with Gasteiger partial charge in [0.2, 0.25) is 0 Å². The number of anilines is 1. The molecule has 0 unspecified atom stereocenters. The van der Waals surface area contributed by atoms with Crippen molar-refractivity contribution in [3.8, 4) is 5.75 Å². The van der Waals surface area contributed by atoms with Gasteiger partial charge in [-0.05, 0) is 35.6 Å². The number of fused-ring (bicyclic) bond motifs is 2. The molecule has 0 atom stereocenters. The maximum absolute atomic E-state index is 6.44. The number of rotatable bonds is 22. The maximum atomic E-state index is 6.44. The number of benzene rings is 3. The number of ether oxygens (including phenoxy) is 1.